The van der Waals surface area contributed by atoms with Crippen LogP contribution in [0.15, 0.2) is 138 Å². The van der Waals surface area contributed by atoms with Crippen molar-refractivity contribution >= 4 is 67.9 Å². The summed E-state index contributed by atoms with van der Waals surface area (Å²) in [6.45, 7) is 1.96. The highest BCUT2D eigenvalue weighted by atomic mass is 32.2. The molecule has 3 amide bonds. The first kappa shape index (κ1) is 33.2. The van der Waals surface area contributed by atoms with Crippen molar-refractivity contribution in [1.82, 2.24) is 10.3 Å². The van der Waals surface area contributed by atoms with Crippen LogP contribution < -0.4 is 20.7 Å². The summed E-state index contributed by atoms with van der Waals surface area (Å²) in [6, 6.07) is 38.7. The molecule has 5 aromatic carbocycles. The second-order valence-electron chi connectivity index (χ2n) is 11.0. The van der Waals surface area contributed by atoms with Gasteiger partial charge < -0.3 is 20.7 Å². The largest absolute Gasteiger partial charge is 0.497 e. The molecule has 0 saturated carbocycles. The summed E-state index contributed by atoms with van der Waals surface area (Å²) in [4.78, 5) is 45.9. The number of rotatable bonds is 11. The first-order valence-electron chi connectivity index (χ1n) is 15.4. The van der Waals surface area contributed by atoms with Crippen LogP contribution in [0.3, 0.4) is 0 Å². The lowest BCUT2D eigenvalue weighted by Crippen LogP contribution is -2.30. The summed E-state index contributed by atoms with van der Waals surface area (Å²) in [5.74, 6) is -0.403. The summed E-state index contributed by atoms with van der Waals surface area (Å²) >= 11 is 2.73. The second kappa shape index (κ2) is 15.5. The Balaban J connectivity index is 1.22. The molecule has 0 aliphatic heterocycles. The third-order valence-corrected chi connectivity index (χ3v) is 9.58. The average Bonchev–Trinajstić information content (AvgIpc) is 3.52. The lowest BCUT2D eigenvalue weighted by molar-refractivity contribution is -0.116. The number of carbonyl (C=O) groups excluding carboxylic acids is 3. The Bertz CT molecular complexity index is 2150. The van der Waals surface area contributed by atoms with E-state index in [9.17, 15) is 14.4 Å². The van der Waals surface area contributed by atoms with E-state index < -0.39 is 17.1 Å². The fourth-order valence-electron chi connectivity index (χ4n) is 5.01. The molecule has 0 aliphatic rings. The molecule has 0 saturated heterocycles. The first-order chi connectivity index (χ1) is 23.8. The highest BCUT2D eigenvalue weighted by Gasteiger charge is 2.24. The molecule has 10 heteroatoms. The smallest absolute Gasteiger partial charge is 0.272 e. The zero-order valence-electron chi connectivity index (χ0n) is 26.7. The van der Waals surface area contributed by atoms with Gasteiger partial charge in [-0.25, -0.2) is 4.98 Å². The van der Waals surface area contributed by atoms with Crippen molar-refractivity contribution in [3.05, 3.63) is 155 Å². The molecule has 244 valence electrons. The summed E-state index contributed by atoms with van der Waals surface area (Å²) in [6.07, 6.45) is 1.65. The van der Waals surface area contributed by atoms with E-state index in [1.165, 1.54) is 23.1 Å². The lowest BCUT2D eigenvalue weighted by Gasteiger charge is -2.17. The van der Waals surface area contributed by atoms with Crippen molar-refractivity contribution in [2.45, 2.75) is 17.1 Å². The monoisotopic (exact) mass is 684 g/mol. The molecule has 8 nitrogen and oxygen atoms in total. The molecule has 0 fully saturated rings. The molecule has 3 N–H and O–H groups in total. The van der Waals surface area contributed by atoms with Crippen LogP contribution in [0.5, 0.6) is 5.75 Å². The number of hydrogen-bond donors (Lipinski definition) is 3. The van der Waals surface area contributed by atoms with Gasteiger partial charge in [0.15, 0.2) is 5.13 Å². The minimum absolute atomic E-state index is 0.0903. The van der Waals surface area contributed by atoms with Crippen LogP contribution in [0.1, 0.15) is 32.3 Å². The number of hydrogen-bond acceptors (Lipinski definition) is 7. The van der Waals surface area contributed by atoms with E-state index in [0.717, 1.165) is 37.6 Å². The van der Waals surface area contributed by atoms with Gasteiger partial charge in [-0.1, -0.05) is 95.8 Å². The number of benzene rings is 5. The molecule has 1 unspecified atom stereocenters. The van der Waals surface area contributed by atoms with Gasteiger partial charge in [0, 0.05) is 16.1 Å². The molecule has 0 aliphatic carbocycles. The molecule has 1 atom stereocenters. The number of amides is 3. The number of methoxy groups -OCH3 is 1. The number of aryl methyl sites for hydroxylation is 1. The Kier molecular flexibility index (Phi) is 10.5. The van der Waals surface area contributed by atoms with Crippen molar-refractivity contribution in [2.24, 2.45) is 0 Å². The second-order valence-corrected chi connectivity index (χ2v) is 13.2. The van der Waals surface area contributed by atoms with Crippen LogP contribution in [-0.2, 0) is 9.59 Å². The van der Waals surface area contributed by atoms with Crippen molar-refractivity contribution in [3.63, 3.8) is 0 Å². The molecule has 1 aromatic heterocycles. The van der Waals surface area contributed by atoms with E-state index in [4.69, 9.17) is 4.74 Å². The van der Waals surface area contributed by atoms with E-state index in [1.54, 1.807) is 49.6 Å². The third-order valence-electron chi connectivity index (χ3n) is 7.39. The topological polar surface area (TPSA) is 109 Å². The van der Waals surface area contributed by atoms with E-state index in [1.807, 2.05) is 97.9 Å². The van der Waals surface area contributed by atoms with E-state index in [0.29, 0.717) is 16.4 Å². The van der Waals surface area contributed by atoms with Gasteiger partial charge in [-0.05, 0) is 72.7 Å². The minimum Gasteiger partial charge on any atom is -0.497 e. The number of fused-ring (bicyclic) bond motifs is 1. The fraction of sp³-hybridized carbons (Fsp3) is 0.0769. The summed E-state index contributed by atoms with van der Waals surface area (Å²) < 4.78 is 6.23. The van der Waals surface area contributed by atoms with Gasteiger partial charge in [-0.2, -0.15) is 0 Å². The van der Waals surface area contributed by atoms with E-state index >= 15 is 0 Å². The van der Waals surface area contributed by atoms with Crippen LogP contribution in [0.2, 0.25) is 0 Å². The van der Waals surface area contributed by atoms with Crippen LogP contribution in [0.25, 0.3) is 16.3 Å². The van der Waals surface area contributed by atoms with E-state index in [-0.39, 0.29) is 11.6 Å². The summed E-state index contributed by atoms with van der Waals surface area (Å²) in [5, 5.41) is 8.58. The zero-order chi connectivity index (χ0) is 34.2. The van der Waals surface area contributed by atoms with Gasteiger partial charge in [0.2, 0.25) is 5.91 Å². The molecular formula is C39H32N4O4S2. The molecule has 1 heterocycles. The van der Waals surface area contributed by atoms with Gasteiger partial charge in [0.25, 0.3) is 11.8 Å². The van der Waals surface area contributed by atoms with Crippen molar-refractivity contribution in [1.29, 1.82) is 0 Å². The Hall–Kier alpha value is -5.71. The Labute approximate surface area is 292 Å². The highest BCUT2D eigenvalue weighted by Crippen LogP contribution is 2.38. The molecular weight excluding hydrogens is 653 g/mol. The molecule has 6 aromatic rings. The predicted octanol–water partition coefficient (Wildman–Crippen LogP) is 8.50. The van der Waals surface area contributed by atoms with Crippen molar-refractivity contribution in [2.75, 3.05) is 17.7 Å². The Morgan fingerprint density at radius 3 is 2.33 bits per heavy atom. The maximum absolute atomic E-state index is 13.8. The predicted molar refractivity (Wildman–Crippen MR) is 198 cm³/mol. The van der Waals surface area contributed by atoms with Gasteiger partial charge in [-0.3, -0.25) is 14.4 Å². The number of thiazole rings is 1. The number of nitrogens with zero attached hydrogens (tertiary/aromatic N) is 1. The van der Waals surface area contributed by atoms with Crippen LogP contribution in [0, 0.1) is 6.92 Å². The molecule has 0 radical (unpaired) electrons. The summed E-state index contributed by atoms with van der Waals surface area (Å²) in [5.41, 5.74) is 4.40. The van der Waals surface area contributed by atoms with Crippen LogP contribution in [-0.4, -0.2) is 29.8 Å². The number of anilines is 2. The normalized spacial score (nSPS) is 11.8. The molecule has 0 spiro atoms. The Morgan fingerprint density at radius 1 is 0.816 bits per heavy atom. The molecule has 0 bridgehead atoms. The van der Waals surface area contributed by atoms with Crippen molar-refractivity contribution < 1.29 is 19.1 Å². The first-order valence-corrected chi connectivity index (χ1v) is 17.1. The lowest BCUT2D eigenvalue weighted by atomic mass is 10.1. The number of nitrogens with one attached hydrogen (secondary N) is 3. The quantitative estimate of drug-likeness (QED) is 0.0933. The van der Waals surface area contributed by atoms with E-state index in [2.05, 4.69) is 20.9 Å². The average molecular weight is 685 g/mol. The molecule has 6 rings (SSSR count). The van der Waals surface area contributed by atoms with Crippen LogP contribution >= 0.6 is 23.1 Å². The van der Waals surface area contributed by atoms with Crippen molar-refractivity contribution in [3.8, 4) is 5.75 Å². The third kappa shape index (κ3) is 8.61. The van der Waals surface area contributed by atoms with Gasteiger partial charge in [0.1, 0.15) is 16.7 Å². The SMILES string of the molecule is COc1ccc2nc(NC(=O)C(Sc3cccc(NC(=O)/C(=C\c4cccc(C)c4)NC(=O)c4ccccc4)c3)c3ccccc3)sc2c1. The van der Waals surface area contributed by atoms with Crippen LogP contribution in [0.4, 0.5) is 10.8 Å². The zero-order valence-corrected chi connectivity index (χ0v) is 28.3. The van der Waals surface area contributed by atoms with Gasteiger partial charge in [0.05, 0.1) is 17.3 Å². The number of carbonyl (C=O) groups is 3. The van der Waals surface area contributed by atoms with Gasteiger partial charge in [-0.15, -0.1) is 11.8 Å². The maximum Gasteiger partial charge on any atom is 0.272 e. The maximum atomic E-state index is 13.8. The number of thioether (sulfide) groups is 1. The highest BCUT2D eigenvalue weighted by molar-refractivity contribution is 8.00. The fourth-order valence-corrected chi connectivity index (χ4v) is 6.99. The number of aromatic nitrogens is 1. The molecule has 49 heavy (non-hydrogen) atoms. The standard InChI is InChI=1S/C39H32N4O4S2/c1-25-11-9-12-26(21-25)22-33(41-36(44)28-15-7-4-8-16-28)37(45)40-29-17-10-18-31(23-29)48-35(27-13-5-3-6-14-27)38(46)43-39-42-32-20-19-30(47-2)24-34(32)49-39/h3-24,35H,1-2H3,(H,40,45)(H,41,44)(H,42,43,46)/b33-22+. The minimum atomic E-state index is -0.615. The number of ether oxygens (including phenoxy) is 1. The Morgan fingerprint density at radius 2 is 1.57 bits per heavy atom. The summed E-state index contributed by atoms with van der Waals surface area (Å²) in [7, 11) is 1.61. The van der Waals surface area contributed by atoms with Gasteiger partial charge >= 0.3 is 0 Å².